The lowest BCUT2D eigenvalue weighted by molar-refractivity contribution is 0.101. The molecule has 130 valence electrons. The molecular weight excluding hydrogens is 350 g/mol. The summed E-state index contributed by atoms with van der Waals surface area (Å²) in [6, 6.07) is 12.4. The molecule has 4 rings (SSSR count). The van der Waals surface area contributed by atoms with Crippen molar-refractivity contribution in [2.45, 2.75) is 13.5 Å². The first kappa shape index (κ1) is 16.2. The molecule has 0 fully saturated rings. The molecule has 2 aromatic heterocycles. The number of rotatable bonds is 3. The molecular formula is C18H15N5O2S. The summed E-state index contributed by atoms with van der Waals surface area (Å²) in [5, 5.41) is 0.491. The maximum absolute atomic E-state index is 12.6. The number of hydrogen-bond acceptors (Lipinski definition) is 4. The van der Waals surface area contributed by atoms with Crippen molar-refractivity contribution in [1.82, 2.24) is 19.2 Å². The Bertz CT molecular complexity index is 1270. The van der Waals surface area contributed by atoms with Crippen molar-refractivity contribution >= 4 is 40.1 Å². The minimum absolute atomic E-state index is 0.168. The molecule has 0 aliphatic rings. The third kappa shape index (κ3) is 2.60. The fourth-order valence-corrected chi connectivity index (χ4v) is 3.23. The van der Waals surface area contributed by atoms with Crippen molar-refractivity contribution in [3.05, 3.63) is 69.5 Å². The average Bonchev–Trinajstić information content (AvgIpc) is 3.04. The summed E-state index contributed by atoms with van der Waals surface area (Å²) < 4.78 is 3.39. The monoisotopic (exact) mass is 365 g/mol. The van der Waals surface area contributed by atoms with Crippen LogP contribution in [0.25, 0.3) is 21.9 Å². The summed E-state index contributed by atoms with van der Waals surface area (Å²) in [6.07, 6.45) is 1.55. The summed E-state index contributed by atoms with van der Waals surface area (Å²) >= 11 is 5.22. The van der Waals surface area contributed by atoms with Gasteiger partial charge in [0.15, 0.2) is 4.77 Å². The zero-order valence-corrected chi connectivity index (χ0v) is 14.7. The number of nitrogens with one attached hydrogen (secondary N) is 2. The molecule has 1 amide bonds. The fraction of sp³-hybridized carbons (Fsp3) is 0.111. The molecule has 26 heavy (non-hydrogen) atoms. The number of para-hydroxylation sites is 2. The van der Waals surface area contributed by atoms with Crippen LogP contribution in [0.2, 0.25) is 0 Å². The number of hydrogen-bond donors (Lipinski definition) is 2. The first-order valence-electron chi connectivity index (χ1n) is 8.09. The molecule has 0 unspecified atom stereocenters. The Morgan fingerprint density at radius 1 is 1.27 bits per heavy atom. The van der Waals surface area contributed by atoms with Crippen LogP contribution in [0.1, 0.15) is 17.3 Å². The van der Waals surface area contributed by atoms with Crippen LogP contribution in [0.4, 0.5) is 0 Å². The second-order valence-corrected chi connectivity index (χ2v) is 6.17. The number of carbonyl (C=O) groups is 1. The lowest BCUT2D eigenvalue weighted by atomic mass is 10.1. The molecule has 2 N–H and O–H groups in total. The molecule has 8 heteroatoms. The van der Waals surface area contributed by atoms with Gasteiger partial charge in [-0.05, 0) is 49.5 Å². The van der Waals surface area contributed by atoms with Gasteiger partial charge in [0, 0.05) is 12.1 Å². The van der Waals surface area contributed by atoms with E-state index >= 15 is 0 Å². The normalized spacial score (nSPS) is 11.1. The number of amides is 1. The maximum Gasteiger partial charge on any atom is 0.270 e. The Morgan fingerprint density at radius 2 is 2.08 bits per heavy atom. The third-order valence-electron chi connectivity index (χ3n) is 4.24. The Balaban J connectivity index is 1.73. The molecule has 4 aromatic rings. The molecule has 0 aliphatic heterocycles. The van der Waals surface area contributed by atoms with Crippen molar-refractivity contribution in [1.29, 1.82) is 0 Å². The van der Waals surface area contributed by atoms with Crippen LogP contribution in [0.15, 0.2) is 53.6 Å². The van der Waals surface area contributed by atoms with Gasteiger partial charge in [-0.15, -0.1) is 0 Å². The Labute approximate surface area is 152 Å². The van der Waals surface area contributed by atoms with E-state index in [2.05, 4.69) is 15.4 Å². The second-order valence-electron chi connectivity index (χ2n) is 5.78. The van der Waals surface area contributed by atoms with Crippen LogP contribution in [0.5, 0.6) is 0 Å². The van der Waals surface area contributed by atoms with E-state index in [4.69, 9.17) is 12.2 Å². The highest BCUT2D eigenvalue weighted by Gasteiger charge is 2.11. The number of aromatic amines is 1. The van der Waals surface area contributed by atoms with Crippen LogP contribution >= 0.6 is 12.2 Å². The molecule has 2 heterocycles. The highest BCUT2D eigenvalue weighted by Crippen LogP contribution is 2.13. The maximum atomic E-state index is 12.6. The van der Waals surface area contributed by atoms with Crippen LogP contribution < -0.4 is 11.0 Å². The van der Waals surface area contributed by atoms with Crippen LogP contribution in [-0.4, -0.2) is 25.1 Å². The first-order valence-corrected chi connectivity index (χ1v) is 8.49. The summed E-state index contributed by atoms with van der Waals surface area (Å²) in [5.41, 5.74) is 5.15. The van der Waals surface area contributed by atoms with E-state index in [1.807, 2.05) is 31.2 Å². The van der Waals surface area contributed by atoms with Crippen LogP contribution in [0.3, 0.4) is 0 Å². The summed E-state index contributed by atoms with van der Waals surface area (Å²) in [7, 11) is 0. The van der Waals surface area contributed by atoms with Gasteiger partial charge in [0.05, 0.1) is 21.9 Å². The number of imidazole rings is 1. The number of benzene rings is 2. The van der Waals surface area contributed by atoms with Crippen molar-refractivity contribution in [2.24, 2.45) is 0 Å². The number of carbonyl (C=O) groups excluding carboxylic acids is 1. The largest absolute Gasteiger partial charge is 0.332 e. The van der Waals surface area contributed by atoms with E-state index in [1.54, 1.807) is 29.2 Å². The number of aromatic nitrogens is 4. The van der Waals surface area contributed by atoms with Gasteiger partial charge in [-0.3, -0.25) is 19.6 Å². The molecule has 0 radical (unpaired) electrons. The van der Waals surface area contributed by atoms with E-state index in [-0.39, 0.29) is 11.5 Å². The van der Waals surface area contributed by atoms with E-state index < -0.39 is 0 Å². The van der Waals surface area contributed by atoms with Crippen LogP contribution in [-0.2, 0) is 6.54 Å². The standard InChI is InChI=1S/C18H15N5O2S/c1-2-22-17(25)12-8-7-11(9-14(12)20-18(22)26)16(24)21-23-10-19-13-5-3-4-6-15(13)23/h3-10H,2H2,1H3,(H,20,26)(H,21,24). The molecule has 0 saturated carbocycles. The van der Waals surface area contributed by atoms with Gasteiger partial charge in [0.25, 0.3) is 11.5 Å². The lowest BCUT2D eigenvalue weighted by Gasteiger charge is -2.09. The predicted octanol–water partition coefficient (Wildman–Crippen LogP) is 2.81. The van der Waals surface area contributed by atoms with Gasteiger partial charge in [-0.1, -0.05) is 12.1 Å². The third-order valence-corrected chi connectivity index (χ3v) is 4.56. The zero-order valence-electron chi connectivity index (χ0n) is 13.9. The average molecular weight is 365 g/mol. The summed E-state index contributed by atoms with van der Waals surface area (Å²) in [5.74, 6) is -0.311. The first-order chi connectivity index (χ1) is 12.6. The number of H-pyrrole nitrogens is 1. The smallest absolute Gasteiger partial charge is 0.270 e. The minimum atomic E-state index is -0.311. The fourth-order valence-electron chi connectivity index (χ4n) is 2.91. The van der Waals surface area contributed by atoms with Crippen molar-refractivity contribution in [3.8, 4) is 0 Å². The molecule has 0 saturated heterocycles. The summed E-state index contributed by atoms with van der Waals surface area (Å²) in [6.45, 7) is 2.34. The van der Waals surface area contributed by atoms with E-state index in [1.165, 1.54) is 4.57 Å². The Morgan fingerprint density at radius 3 is 2.88 bits per heavy atom. The molecule has 0 bridgehead atoms. The van der Waals surface area contributed by atoms with E-state index in [0.717, 1.165) is 11.0 Å². The van der Waals surface area contributed by atoms with Gasteiger partial charge in [-0.2, -0.15) is 0 Å². The van der Waals surface area contributed by atoms with Crippen molar-refractivity contribution in [2.75, 3.05) is 5.43 Å². The van der Waals surface area contributed by atoms with E-state index in [9.17, 15) is 9.59 Å². The quantitative estimate of drug-likeness (QED) is 0.547. The van der Waals surface area contributed by atoms with Gasteiger partial charge >= 0.3 is 0 Å². The van der Waals surface area contributed by atoms with Gasteiger partial charge in [-0.25, -0.2) is 9.66 Å². The molecule has 0 aliphatic carbocycles. The molecule has 0 atom stereocenters. The second kappa shape index (κ2) is 6.23. The van der Waals surface area contributed by atoms with Gasteiger partial charge in [0.1, 0.15) is 6.33 Å². The van der Waals surface area contributed by atoms with Gasteiger partial charge in [0.2, 0.25) is 0 Å². The zero-order chi connectivity index (χ0) is 18.3. The highest BCUT2D eigenvalue weighted by atomic mass is 32.1. The number of nitrogens with zero attached hydrogens (tertiary/aromatic N) is 3. The molecule has 7 nitrogen and oxygen atoms in total. The predicted molar refractivity (Wildman–Crippen MR) is 102 cm³/mol. The van der Waals surface area contributed by atoms with Gasteiger partial charge < -0.3 is 4.98 Å². The minimum Gasteiger partial charge on any atom is -0.332 e. The van der Waals surface area contributed by atoms with Crippen molar-refractivity contribution < 1.29 is 4.79 Å². The van der Waals surface area contributed by atoms with Crippen molar-refractivity contribution in [3.63, 3.8) is 0 Å². The Hall–Kier alpha value is -3.26. The summed E-state index contributed by atoms with van der Waals surface area (Å²) in [4.78, 5) is 32.3. The van der Waals surface area contributed by atoms with Crippen LogP contribution in [0, 0.1) is 4.77 Å². The molecule has 0 spiro atoms. The lowest BCUT2D eigenvalue weighted by Crippen LogP contribution is -2.23. The topological polar surface area (TPSA) is 84.7 Å². The highest BCUT2D eigenvalue weighted by molar-refractivity contribution is 7.71. The Kier molecular flexibility index (Phi) is 3.89. The number of fused-ring (bicyclic) bond motifs is 2. The molecule has 2 aromatic carbocycles. The van der Waals surface area contributed by atoms with E-state index in [0.29, 0.717) is 27.8 Å². The SMILES string of the molecule is CCn1c(=S)[nH]c2cc(C(=O)Nn3cnc4ccccc43)ccc2c1=O.